The second kappa shape index (κ2) is 5.90. The Hall–Kier alpha value is -2.11. The number of amides is 1. The van der Waals surface area contributed by atoms with Crippen molar-refractivity contribution in [3.8, 4) is 5.75 Å². The number of nitro benzene ring substituents is 1. The quantitative estimate of drug-likeness (QED) is 0.679. The first-order valence-electron chi connectivity index (χ1n) is 6.34. The average molecular weight is 280 g/mol. The van der Waals surface area contributed by atoms with E-state index in [1.165, 1.54) is 12.1 Å². The standard InChI is InChI=1S/C14H20N2O4/c1-9-8-11(6-7-12(9)16(18)19)20-10(2)13(17)15-14(3,4)5/h6-8,10H,1-5H3,(H,15,17)/t10-/m1/s1. The molecule has 0 heterocycles. The van der Waals surface area contributed by atoms with Gasteiger partial charge in [0.15, 0.2) is 6.10 Å². The van der Waals surface area contributed by atoms with Gasteiger partial charge < -0.3 is 10.1 Å². The number of aryl methyl sites for hydroxylation is 1. The highest BCUT2D eigenvalue weighted by atomic mass is 16.6. The molecule has 1 rings (SSSR count). The lowest BCUT2D eigenvalue weighted by Crippen LogP contribution is -2.46. The van der Waals surface area contributed by atoms with Gasteiger partial charge >= 0.3 is 0 Å². The Morgan fingerprint density at radius 1 is 1.40 bits per heavy atom. The summed E-state index contributed by atoms with van der Waals surface area (Å²) in [6.45, 7) is 8.91. The van der Waals surface area contributed by atoms with Crippen LogP contribution in [0.5, 0.6) is 5.75 Å². The molecule has 0 aliphatic heterocycles. The molecule has 1 amide bonds. The molecule has 110 valence electrons. The summed E-state index contributed by atoms with van der Waals surface area (Å²) in [4.78, 5) is 22.2. The highest BCUT2D eigenvalue weighted by Gasteiger charge is 2.21. The van der Waals surface area contributed by atoms with E-state index >= 15 is 0 Å². The Balaban J connectivity index is 2.76. The summed E-state index contributed by atoms with van der Waals surface area (Å²) in [7, 11) is 0. The molecule has 0 spiro atoms. The Labute approximate surface area is 118 Å². The van der Waals surface area contributed by atoms with Crippen molar-refractivity contribution < 1.29 is 14.5 Å². The summed E-state index contributed by atoms with van der Waals surface area (Å²) in [6.07, 6.45) is -0.671. The smallest absolute Gasteiger partial charge is 0.272 e. The highest BCUT2D eigenvalue weighted by molar-refractivity contribution is 5.81. The molecule has 1 aromatic carbocycles. The Kier molecular flexibility index (Phi) is 4.70. The summed E-state index contributed by atoms with van der Waals surface area (Å²) in [5, 5.41) is 13.5. The van der Waals surface area contributed by atoms with Gasteiger partial charge in [-0.25, -0.2) is 0 Å². The van der Waals surface area contributed by atoms with Crippen LogP contribution in [-0.4, -0.2) is 22.5 Å². The molecule has 0 aromatic heterocycles. The fourth-order valence-electron chi connectivity index (χ4n) is 1.63. The van der Waals surface area contributed by atoms with Crippen LogP contribution in [0.2, 0.25) is 0 Å². The molecule has 0 saturated carbocycles. The van der Waals surface area contributed by atoms with Gasteiger partial charge in [-0.05, 0) is 46.8 Å². The molecule has 0 saturated heterocycles. The molecular formula is C14H20N2O4. The van der Waals surface area contributed by atoms with E-state index in [0.717, 1.165) is 0 Å². The molecular weight excluding hydrogens is 260 g/mol. The van der Waals surface area contributed by atoms with Crippen LogP contribution in [0.4, 0.5) is 5.69 Å². The Bertz CT molecular complexity index is 520. The zero-order chi connectivity index (χ0) is 15.5. The number of nitrogens with one attached hydrogen (secondary N) is 1. The van der Waals surface area contributed by atoms with Crippen molar-refractivity contribution in [3.05, 3.63) is 33.9 Å². The van der Waals surface area contributed by atoms with Crippen LogP contribution in [-0.2, 0) is 4.79 Å². The summed E-state index contributed by atoms with van der Waals surface area (Å²) in [5.74, 6) is 0.207. The molecule has 0 unspecified atom stereocenters. The molecule has 1 N–H and O–H groups in total. The number of nitrogens with zero attached hydrogens (tertiary/aromatic N) is 1. The van der Waals surface area contributed by atoms with Crippen molar-refractivity contribution >= 4 is 11.6 Å². The molecule has 1 atom stereocenters. The third-order valence-electron chi connectivity index (χ3n) is 2.55. The second-order valence-corrected chi connectivity index (χ2v) is 5.70. The number of nitro groups is 1. The number of rotatable bonds is 4. The normalized spacial score (nSPS) is 12.7. The largest absolute Gasteiger partial charge is 0.481 e. The van der Waals surface area contributed by atoms with Gasteiger partial charge in [0, 0.05) is 17.2 Å². The zero-order valence-corrected chi connectivity index (χ0v) is 12.4. The third kappa shape index (κ3) is 4.53. The first-order chi connectivity index (χ1) is 9.10. The van der Waals surface area contributed by atoms with Gasteiger partial charge in [0.2, 0.25) is 0 Å². The number of benzene rings is 1. The van der Waals surface area contributed by atoms with Gasteiger partial charge in [0.25, 0.3) is 11.6 Å². The van der Waals surface area contributed by atoms with Crippen molar-refractivity contribution in [1.82, 2.24) is 5.32 Å². The van der Waals surface area contributed by atoms with Crippen LogP contribution in [0.25, 0.3) is 0 Å². The van der Waals surface area contributed by atoms with Crippen LogP contribution < -0.4 is 10.1 Å². The van der Waals surface area contributed by atoms with Crippen LogP contribution >= 0.6 is 0 Å². The molecule has 0 aliphatic rings. The summed E-state index contributed by atoms with van der Waals surface area (Å²) >= 11 is 0. The summed E-state index contributed by atoms with van der Waals surface area (Å²) < 4.78 is 5.50. The van der Waals surface area contributed by atoms with Gasteiger partial charge in [-0.3, -0.25) is 14.9 Å². The van der Waals surface area contributed by atoms with Gasteiger partial charge in [0.1, 0.15) is 5.75 Å². The fraction of sp³-hybridized carbons (Fsp3) is 0.500. The monoisotopic (exact) mass is 280 g/mol. The van der Waals surface area contributed by atoms with Crippen LogP contribution in [0, 0.1) is 17.0 Å². The lowest BCUT2D eigenvalue weighted by atomic mass is 10.1. The highest BCUT2D eigenvalue weighted by Crippen LogP contribution is 2.23. The topological polar surface area (TPSA) is 81.5 Å². The first-order valence-corrected chi connectivity index (χ1v) is 6.34. The van der Waals surface area contributed by atoms with Crippen LogP contribution in [0.1, 0.15) is 33.3 Å². The second-order valence-electron chi connectivity index (χ2n) is 5.70. The van der Waals surface area contributed by atoms with Gasteiger partial charge in [-0.15, -0.1) is 0 Å². The van der Waals surface area contributed by atoms with Crippen LogP contribution in [0.15, 0.2) is 18.2 Å². The van der Waals surface area contributed by atoms with E-state index in [1.54, 1.807) is 19.9 Å². The minimum atomic E-state index is -0.671. The maximum atomic E-state index is 11.9. The Morgan fingerprint density at radius 2 is 2.00 bits per heavy atom. The molecule has 20 heavy (non-hydrogen) atoms. The molecule has 0 radical (unpaired) electrons. The number of ether oxygens (including phenoxy) is 1. The SMILES string of the molecule is Cc1cc(O[C@H](C)C(=O)NC(C)(C)C)ccc1[N+](=O)[O-]. The van der Waals surface area contributed by atoms with Gasteiger partial charge in [-0.2, -0.15) is 0 Å². The van der Waals surface area contributed by atoms with Gasteiger partial charge in [0.05, 0.1) is 4.92 Å². The van der Waals surface area contributed by atoms with E-state index in [2.05, 4.69) is 5.32 Å². The number of carbonyl (C=O) groups is 1. The van der Waals surface area contributed by atoms with E-state index in [4.69, 9.17) is 4.74 Å². The van der Waals surface area contributed by atoms with Crippen molar-refractivity contribution in [2.75, 3.05) is 0 Å². The molecule has 1 aromatic rings. The summed E-state index contributed by atoms with van der Waals surface area (Å²) in [5.41, 5.74) is 0.195. The van der Waals surface area contributed by atoms with Crippen molar-refractivity contribution in [2.45, 2.75) is 46.3 Å². The zero-order valence-electron chi connectivity index (χ0n) is 12.4. The maximum absolute atomic E-state index is 11.9. The molecule has 0 aliphatic carbocycles. The number of hydrogen-bond donors (Lipinski definition) is 1. The predicted molar refractivity (Wildman–Crippen MR) is 75.8 cm³/mol. The minimum Gasteiger partial charge on any atom is -0.481 e. The fourth-order valence-corrected chi connectivity index (χ4v) is 1.63. The average Bonchev–Trinajstić information content (AvgIpc) is 2.26. The predicted octanol–water partition coefficient (Wildman–Crippen LogP) is 2.59. The molecule has 0 bridgehead atoms. The Morgan fingerprint density at radius 3 is 2.45 bits per heavy atom. The third-order valence-corrected chi connectivity index (χ3v) is 2.55. The van der Waals surface area contributed by atoms with E-state index < -0.39 is 11.0 Å². The van der Waals surface area contributed by atoms with Crippen molar-refractivity contribution in [1.29, 1.82) is 0 Å². The molecule has 6 nitrogen and oxygen atoms in total. The summed E-state index contributed by atoms with van der Waals surface area (Å²) in [6, 6.07) is 4.42. The van der Waals surface area contributed by atoms with Crippen molar-refractivity contribution in [3.63, 3.8) is 0 Å². The van der Waals surface area contributed by atoms with E-state index in [1.807, 2.05) is 20.8 Å². The van der Waals surface area contributed by atoms with E-state index in [-0.39, 0.29) is 17.1 Å². The van der Waals surface area contributed by atoms with E-state index in [0.29, 0.717) is 11.3 Å². The maximum Gasteiger partial charge on any atom is 0.272 e. The van der Waals surface area contributed by atoms with Crippen molar-refractivity contribution in [2.24, 2.45) is 0 Å². The minimum absolute atomic E-state index is 0.0316. The van der Waals surface area contributed by atoms with Gasteiger partial charge in [-0.1, -0.05) is 0 Å². The lowest BCUT2D eigenvalue weighted by molar-refractivity contribution is -0.385. The molecule has 6 heteroatoms. The molecule has 0 fully saturated rings. The first kappa shape index (κ1) is 15.9. The van der Waals surface area contributed by atoms with Crippen LogP contribution in [0.3, 0.4) is 0 Å². The number of hydrogen-bond acceptors (Lipinski definition) is 4. The van der Waals surface area contributed by atoms with E-state index in [9.17, 15) is 14.9 Å². The lowest BCUT2D eigenvalue weighted by Gasteiger charge is -2.23. The number of carbonyl (C=O) groups excluding carboxylic acids is 1.